The van der Waals surface area contributed by atoms with Gasteiger partial charge in [0.05, 0.1) is 31.8 Å². The topological polar surface area (TPSA) is 97.4 Å². The first-order valence-electron chi connectivity index (χ1n) is 8.51. The molecular formula is C17H20F4O8S. The van der Waals surface area contributed by atoms with Crippen molar-refractivity contribution in [3.8, 4) is 5.75 Å². The minimum atomic E-state index is -5.84. The summed E-state index contributed by atoms with van der Waals surface area (Å²) in [5, 5.41) is 0. The van der Waals surface area contributed by atoms with Crippen LogP contribution in [0.25, 0.3) is 0 Å². The van der Waals surface area contributed by atoms with Crippen LogP contribution in [-0.2, 0) is 33.3 Å². The van der Waals surface area contributed by atoms with Gasteiger partial charge in [0.25, 0.3) is 0 Å². The summed E-state index contributed by atoms with van der Waals surface area (Å²) in [5.74, 6) is -2.38. The lowest BCUT2D eigenvalue weighted by Crippen LogP contribution is -2.52. The van der Waals surface area contributed by atoms with Gasteiger partial charge in [-0.15, -0.1) is 0 Å². The van der Waals surface area contributed by atoms with E-state index in [0.717, 1.165) is 12.1 Å². The van der Waals surface area contributed by atoms with Crippen LogP contribution in [0, 0.1) is 11.2 Å². The molecule has 1 fully saturated rings. The highest BCUT2D eigenvalue weighted by Gasteiger charge is 2.50. The Morgan fingerprint density at radius 2 is 1.67 bits per heavy atom. The number of carbonyl (C=O) groups is 1. The highest BCUT2D eigenvalue weighted by atomic mass is 32.2. The quantitative estimate of drug-likeness (QED) is 0.192. The second kappa shape index (κ2) is 9.14. The summed E-state index contributed by atoms with van der Waals surface area (Å²) in [6, 6.07) is 4.59. The number of hydrogen-bond acceptors (Lipinski definition) is 8. The zero-order chi connectivity index (χ0) is 22.6. The Bertz CT molecular complexity index is 826. The molecule has 0 atom stereocenters. The van der Waals surface area contributed by atoms with Crippen molar-refractivity contribution in [2.24, 2.45) is 5.41 Å². The molecule has 0 amide bonds. The van der Waals surface area contributed by atoms with E-state index < -0.39 is 58.4 Å². The Labute approximate surface area is 170 Å². The van der Waals surface area contributed by atoms with Crippen molar-refractivity contribution in [2.45, 2.75) is 25.1 Å². The average molecular weight is 460 g/mol. The van der Waals surface area contributed by atoms with Crippen LogP contribution in [0.4, 0.5) is 17.6 Å². The number of alkyl halides is 3. The molecule has 0 bridgehead atoms. The maximum atomic E-state index is 12.8. The normalized spacial score (nSPS) is 18.7. The number of carbonyl (C=O) groups excluding carboxylic acids is 1. The Morgan fingerprint density at radius 3 is 2.20 bits per heavy atom. The van der Waals surface area contributed by atoms with E-state index in [0.29, 0.717) is 0 Å². The molecule has 1 saturated heterocycles. The number of benzene rings is 1. The van der Waals surface area contributed by atoms with Gasteiger partial charge in [0, 0.05) is 0 Å². The van der Waals surface area contributed by atoms with Gasteiger partial charge in [-0.05, 0) is 38.1 Å². The second-order valence-corrected chi connectivity index (χ2v) is 8.67. The van der Waals surface area contributed by atoms with Gasteiger partial charge in [0.15, 0.2) is 5.79 Å². The highest BCUT2D eigenvalue weighted by molar-refractivity contribution is 7.87. The van der Waals surface area contributed by atoms with E-state index in [1.807, 2.05) is 0 Å². The first-order chi connectivity index (χ1) is 13.7. The van der Waals surface area contributed by atoms with Crippen LogP contribution in [-0.4, -0.2) is 58.7 Å². The van der Waals surface area contributed by atoms with Crippen LogP contribution in [0.5, 0.6) is 5.75 Å². The standard InChI is InChI=1S/C17H20F4O8S/c1-15(2)26-9-16(10-27-15,11-28-30(23,24)17(19,20)21)8-25-7-14(22)29-13-5-3-12(18)4-6-13/h3-6H,7-11H2,1-2H3. The predicted octanol–water partition coefficient (Wildman–Crippen LogP) is 2.38. The monoisotopic (exact) mass is 460 g/mol. The summed E-state index contributed by atoms with van der Waals surface area (Å²) in [7, 11) is -5.84. The molecule has 0 unspecified atom stereocenters. The van der Waals surface area contributed by atoms with Gasteiger partial charge < -0.3 is 18.9 Å². The first-order valence-corrected chi connectivity index (χ1v) is 9.92. The number of ether oxygens (including phenoxy) is 4. The van der Waals surface area contributed by atoms with E-state index in [1.165, 1.54) is 12.1 Å². The summed E-state index contributed by atoms with van der Waals surface area (Å²) in [5.41, 5.74) is -7.02. The number of esters is 1. The third kappa shape index (κ3) is 6.87. The third-order valence-electron chi connectivity index (χ3n) is 3.93. The summed E-state index contributed by atoms with van der Waals surface area (Å²) >= 11 is 0. The molecule has 0 radical (unpaired) electrons. The fourth-order valence-electron chi connectivity index (χ4n) is 2.23. The molecule has 0 aliphatic carbocycles. The lowest BCUT2D eigenvalue weighted by Gasteiger charge is -2.42. The maximum absolute atomic E-state index is 12.8. The van der Waals surface area contributed by atoms with Crippen LogP contribution >= 0.6 is 0 Å². The maximum Gasteiger partial charge on any atom is 0.523 e. The van der Waals surface area contributed by atoms with E-state index in [-0.39, 0.29) is 19.0 Å². The zero-order valence-corrected chi connectivity index (χ0v) is 16.8. The van der Waals surface area contributed by atoms with Gasteiger partial charge in [0.1, 0.15) is 18.2 Å². The molecule has 1 heterocycles. The third-order valence-corrected chi connectivity index (χ3v) is 4.92. The Balaban J connectivity index is 1.96. The van der Waals surface area contributed by atoms with Crippen molar-refractivity contribution in [1.82, 2.24) is 0 Å². The highest BCUT2D eigenvalue weighted by Crippen LogP contribution is 2.33. The average Bonchev–Trinajstić information content (AvgIpc) is 2.63. The molecule has 1 aromatic carbocycles. The number of hydrogen-bond donors (Lipinski definition) is 0. The van der Waals surface area contributed by atoms with Crippen molar-refractivity contribution >= 4 is 16.1 Å². The van der Waals surface area contributed by atoms with Crippen molar-refractivity contribution in [3.63, 3.8) is 0 Å². The van der Waals surface area contributed by atoms with Crippen LogP contribution in [0.1, 0.15) is 13.8 Å². The van der Waals surface area contributed by atoms with E-state index in [1.54, 1.807) is 13.8 Å². The minimum Gasteiger partial charge on any atom is -0.425 e. The van der Waals surface area contributed by atoms with Gasteiger partial charge in [-0.2, -0.15) is 21.6 Å². The van der Waals surface area contributed by atoms with E-state index in [4.69, 9.17) is 18.9 Å². The molecule has 1 aromatic rings. The summed E-state index contributed by atoms with van der Waals surface area (Å²) < 4.78 is 97.9. The predicted molar refractivity (Wildman–Crippen MR) is 92.2 cm³/mol. The van der Waals surface area contributed by atoms with Gasteiger partial charge in [-0.25, -0.2) is 9.18 Å². The molecule has 170 valence electrons. The number of halogens is 4. The summed E-state index contributed by atoms with van der Waals surface area (Å²) in [6.07, 6.45) is 0. The van der Waals surface area contributed by atoms with Crippen LogP contribution in [0.2, 0.25) is 0 Å². The van der Waals surface area contributed by atoms with Crippen LogP contribution < -0.4 is 4.74 Å². The van der Waals surface area contributed by atoms with E-state index in [2.05, 4.69) is 4.18 Å². The molecule has 2 rings (SSSR count). The SMILES string of the molecule is CC1(C)OCC(COCC(=O)Oc2ccc(F)cc2)(COS(=O)(=O)C(F)(F)F)CO1. The molecule has 1 aliphatic heterocycles. The van der Waals surface area contributed by atoms with Crippen molar-refractivity contribution in [1.29, 1.82) is 0 Å². The van der Waals surface area contributed by atoms with Crippen LogP contribution in [0.3, 0.4) is 0 Å². The van der Waals surface area contributed by atoms with Crippen molar-refractivity contribution in [2.75, 3.05) is 33.0 Å². The fraction of sp³-hybridized carbons (Fsp3) is 0.588. The van der Waals surface area contributed by atoms with Gasteiger partial charge in [0.2, 0.25) is 0 Å². The van der Waals surface area contributed by atoms with E-state index in [9.17, 15) is 30.8 Å². The second-order valence-electron chi connectivity index (χ2n) is 7.06. The van der Waals surface area contributed by atoms with Gasteiger partial charge in [-0.1, -0.05) is 0 Å². The first kappa shape index (κ1) is 24.5. The summed E-state index contributed by atoms with van der Waals surface area (Å²) in [4.78, 5) is 11.8. The van der Waals surface area contributed by atoms with Gasteiger partial charge in [-0.3, -0.25) is 4.18 Å². The lowest BCUT2D eigenvalue weighted by molar-refractivity contribution is -0.295. The summed E-state index contributed by atoms with van der Waals surface area (Å²) in [6.45, 7) is 0.637. The minimum absolute atomic E-state index is 0.0606. The van der Waals surface area contributed by atoms with Crippen molar-refractivity contribution in [3.05, 3.63) is 30.1 Å². The molecule has 13 heteroatoms. The number of rotatable bonds is 8. The molecule has 0 saturated carbocycles. The smallest absolute Gasteiger partial charge is 0.425 e. The van der Waals surface area contributed by atoms with Crippen LogP contribution in [0.15, 0.2) is 24.3 Å². The Morgan fingerprint density at radius 1 is 1.10 bits per heavy atom. The molecule has 1 aliphatic rings. The molecule has 0 spiro atoms. The van der Waals surface area contributed by atoms with E-state index >= 15 is 0 Å². The van der Waals surface area contributed by atoms with Gasteiger partial charge >= 0.3 is 21.6 Å². The Hall–Kier alpha value is -1.80. The molecule has 8 nitrogen and oxygen atoms in total. The van der Waals surface area contributed by atoms with Crippen molar-refractivity contribution < 1.29 is 53.9 Å². The molecule has 0 N–H and O–H groups in total. The lowest BCUT2D eigenvalue weighted by atomic mass is 9.91. The zero-order valence-electron chi connectivity index (χ0n) is 16.0. The molecule has 0 aromatic heterocycles. The fourth-order valence-corrected chi connectivity index (χ4v) is 2.77. The molecule has 30 heavy (non-hydrogen) atoms. The Kier molecular flexibility index (Phi) is 7.45. The largest absolute Gasteiger partial charge is 0.523 e. The molecular weight excluding hydrogens is 440 g/mol.